The zero-order valence-electron chi connectivity index (χ0n) is 18.2. The molecular formula is C22H38IN5O. The third-order valence-electron chi connectivity index (χ3n) is 5.89. The molecule has 2 heterocycles. The Hall–Kier alpha value is -0.900. The first-order valence-corrected chi connectivity index (χ1v) is 10.7. The number of ether oxygens (including phenoxy) is 1. The van der Waals surface area contributed by atoms with E-state index >= 15 is 0 Å². The van der Waals surface area contributed by atoms with Crippen molar-refractivity contribution in [3.05, 3.63) is 35.9 Å². The number of morpholine rings is 1. The third-order valence-corrected chi connectivity index (χ3v) is 5.89. The molecule has 1 aromatic carbocycles. The van der Waals surface area contributed by atoms with Gasteiger partial charge in [-0.3, -0.25) is 14.8 Å². The highest BCUT2D eigenvalue weighted by molar-refractivity contribution is 14.0. The number of rotatable bonds is 6. The fraction of sp³-hybridized carbons (Fsp3) is 0.682. The molecule has 0 spiro atoms. The summed E-state index contributed by atoms with van der Waals surface area (Å²) in [6.07, 6.45) is 0. The van der Waals surface area contributed by atoms with Gasteiger partial charge in [-0.05, 0) is 11.5 Å². The van der Waals surface area contributed by atoms with Crippen molar-refractivity contribution in [1.82, 2.24) is 20.0 Å². The fourth-order valence-electron chi connectivity index (χ4n) is 4.18. The van der Waals surface area contributed by atoms with Crippen molar-refractivity contribution in [2.24, 2.45) is 10.9 Å². The van der Waals surface area contributed by atoms with Gasteiger partial charge in [0, 0.05) is 65.4 Å². The molecule has 0 bridgehead atoms. The van der Waals surface area contributed by atoms with Crippen LogP contribution >= 0.6 is 24.0 Å². The lowest BCUT2D eigenvalue weighted by Crippen LogP contribution is -2.56. The summed E-state index contributed by atoms with van der Waals surface area (Å²) in [4.78, 5) is 12.1. The Morgan fingerprint density at radius 3 is 2.28 bits per heavy atom. The molecule has 1 aromatic rings. The number of nitrogens with one attached hydrogen (secondary N) is 1. The maximum absolute atomic E-state index is 5.53. The summed E-state index contributed by atoms with van der Waals surface area (Å²) in [5, 5.41) is 3.66. The van der Waals surface area contributed by atoms with Gasteiger partial charge in [0.1, 0.15) is 0 Å². The molecule has 0 saturated carbocycles. The van der Waals surface area contributed by atoms with E-state index in [0.29, 0.717) is 12.0 Å². The van der Waals surface area contributed by atoms with E-state index in [1.807, 2.05) is 7.05 Å². The standard InChI is InChI=1S/C22H37N5O.HI/c1-19(2)21(26-13-15-28-16-14-26)17-24-22(23-3)27-11-9-25(10-12-27)18-20-7-5-4-6-8-20;/h4-8,19,21H,9-18H2,1-3H3,(H,23,24);1H. The van der Waals surface area contributed by atoms with Crippen LogP contribution in [0.1, 0.15) is 19.4 Å². The molecule has 2 saturated heterocycles. The van der Waals surface area contributed by atoms with Gasteiger partial charge in [-0.25, -0.2) is 0 Å². The summed E-state index contributed by atoms with van der Waals surface area (Å²) >= 11 is 0. The number of aliphatic imine (C=N–C) groups is 1. The van der Waals surface area contributed by atoms with Crippen molar-refractivity contribution in [1.29, 1.82) is 0 Å². The molecule has 2 aliphatic rings. The quantitative estimate of drug-likeness (QED) is 0.358. The summed E-state index contributed by atoms with van der Waals surface area (Å²) in [7, 11) is 1.90. The largest absolute Gasteiger partial charge is 0.379 e. The predicted octanol–water partition coefficient (Wildman–Crippen LogP) is 2.35. The van der Waals surface area contributed by atoms with Crippen molar-refractivity contribution in [3.63, 3.8) is 0 Å². The maximum Gasteiger partial charge on any atom is 0.193 e. The number of piperazine rings is 1. The number of nitrogens with zero attached hydrogens (tertiary/aromatic N) is 4. The lowest BCUT2D eigenvalue weighted by atomic mass is 10.0. The van der Waals surface area contributed by atoms with Gasteiger partial charge in [-0.2, -0.15) is 0 Å². The number of benzene rings is 1. The highest BCUT2D eigenvalue weighted by atomic mass is 127. The van der Waals surface area contributed by atoms with Crippen LogP contribution in [0, 0.1) is 5.92 Å². The smallest absolute Gasteiger partial charge is 0.193 e. The van der Waals surface area contributed by atoms with Crippen LogP contribution in [0.25, 0.3) is 0 Å². The molecule has 0 radical (unpaired) electrons. The molecular weight excluding hydrogens is 477 g/mol. The van der Waals surface area contributed by atoms with Gasteiger partial charge in [-0.1, -0.05) is 44.2 Å². The average Bonchev–Trinajstić information content (AvgIpc) is 2.73. The van der Waals surface area contributed by atoms with Crippen molar-refractivity contribution >= 4 is 29.9 Å². The van der Waals surface area contributed by atoms with E-state index in [1.54, 1.807) is 0 Å². The van der Waals surface area contributed by atoms with Crippen LogP contribution in [0.15, 0.2) is 35.3 Å². The normalized spacial score (nSPS) is 20.4. The van der Waals surface area contributed by atoms with Gasteiger partial charge in [0.05, 0.1) is 13.2 Å². The van der Waals surface area contributed by atoms with E-state index in [1.165, 1.54) is 5.56 Å². The highest BCUT2D eigenvalue weighted by Gasteiger charge is 2.25. The summed E-state index contributed by atoms with van der Waals surface area (Å²) in [5.74, 6) is 1.64. The van der Waals surface area contributed by atoms with Crippen LogP contribution < -0.4 is 5.32 Å². The molecule has 0 aliphatic carbocycles. The van der Waals surface area contributed by atoms with E-state index in [4.69, 9.17) is 4.74 Å². The minimum absolute atomic E-state index is 0. The van der Waals surface area contributed by atoms with E-state index < -0.39 is 0 Å². The molecule has 164 valence electrons. The zero-order valence-corrected chi connectivity index (χ0v) is 20.5. The first-order chi connectivity index (χ1) is 13.7. The molecule has 7 heteroatoms. The van der Waals surface area contributed by atoms with Crippen molar-refractivity contribution in [3.8, 4) is 0 Å². The van der Waals surface area contributed by atoms with Crippen molar-refractivity contribution in [2.45, 2.75) is 26.4 Å². The third kappa shape index (κ3) is 7.38. The Kier molecular flexibility index (Phi) is 10.7. The second kappa shape index (κ2) is 12.7. The summed E-state index contributed by atoms with van der Waals surface area (Å²) < 4.78 is 5.53. The van der Waals surface area contributed by atoms with Gasteiger partial charge < -0.3 is 15.0 Å². The predicted molar refractivity (Wildman–Crippen MR) is 131 cm³/mol. The second-order valence-corrected chi connectivity index (χ2v) is 8.14. The van der Waals surface area contributed by atoms with E-state index in [0.717, 1.165) is 71.5 Å². The van der Waals surface area contributed by atoms with E-state index in [2.05, 4.69) is 69.2 Å². The zero-order chi connectivity index (χ0) is 19.8. The molecule has 6 nitrogen and oxygen atoms in total. The van der Waals surface area contributed by atoms with E-state index in [9.17, 15) is 0 Å². The minimum Gasteiger partial charge on any atom is -0.379 e. The maximum atomic E-state index is 5.53. The highest BCUT2D eigenvalue weighted by Crippen LogP contribution is 2.13. The molecule has 1 unspecified atom stereocenters. The molecule has 2 fully saturated rings. The molecule has 3 rings (SSSR count). The number of guanidine groups is 1. The molecule has 0 amide bonds. The molecule has 2 aliphatic heterocycles. The van der Waals surface area contributed by atoms with Gasteiger partial charge in [0.25, 0.3) is 0 Å². The number of hydrogen-bond acceptors (Lipinski definition) is 4. The van der Waals surface area contributed by atoms with Gasteiger partial charge in [-0.15, -0.1) is 24.0 Å². The number of hydrogen-bond donors (Lipinski definition) is 1. The molecule has 1 atom stereocenters. The van der Waals surface area contributed by atoms with Crippen molar-refractivity contribution < 1.29 is 4.74 Å². The Morgan fingerprint density at radius 1 is 1.03 bits per heavy atom. The first kappa shape index (κ1) is 24.4. The van der Waals surface area contributed by atoms with Crippen LogP contribution in [0.4, 0.5) is 0 Å². The first-order valence-electron chi connectivity index (χ1n) is 10.7. The van der Waals surface area contributed by atoms with Crippen LogP contribution in [0.2, 0.25) is 0 Å². The Balaban J connectivity index is 0.00000300. The monoisotopic (exact) mass is 515 g/mol. The summed E-state index contributed by atoms with van der Waals surface area (Å²) in [5.41, 5.74) is 1.39. The number of halogens is 1. The molecule has 1 N–H and O–H groups in total. The van der Waals surface area contributed by atoms with Crippen LogP contribution in [-0.2, 0) is 11.3 Å². The van der Waals surface area contributed by atoms with Gasteiger partial charge >= 0.3 is 0 Å². The molecule has 0 aromatic heterocycles. The Labute approximate surface area is 193 Å². The lowest BCUT2D eigenvalue weighted by Gasteiger charge is -2.39. The second-order valence-electron chi connectivity index (χ2n) is 8.14. The van der Waals surface area contributed by atoms with Crippen LogP contribution in [0.3, 0.4) is 0 Å². The lowest BCUT2D eigenvalue weighted by molar-refractivity contribution is 0.00735. The Bertz CT molecular complexity index is 598. The minimum atomic E-state index is 0. The topological polar surface area (TPSA) is 43.3 Å². The van der Waals surface area contributed by atoms with Gasteiger partial charge in [0.2, 0.25) is 0 Å². The van der Waals surface area contributed by atoms with Gasteiger partial charge in [0.15, 0.2) is 5.96 Å². The SMILES string of the molecule is CN=C(NCC(C(C)C)N1CCOCC1)N1CCN(Cc2ccccc2)CC1.I. The van der Waals surface area contributed by atoms with Crippen LogP contribution in [-0.4, -0.2) is 92.8 Å². The fourth-order valence-corrected chi connectivity index (χ4v) is 4.18. The van der Waals surface area contributed by atoms with Crippen molar-refractivity contribution in [2.75, 3.05) is 66.1 Å². The van der Waals surface area contributed by atoms with Crippen LogP contribution in [0.5, 0.6) is 0 Å². The Morgan fingerprint density at radius 2 is 1.69 bits per heavy atom. The summed E-state index contributed by atoms with van der Waals surface area (Å²) in [6.45, 7) is 14.6. The van der Waals surface area contributed by atoms with E-state index in [-0.39, 0.29) is 24.0 Å². The average molecular weight is 515 g/mol. The summed E-state index contributed by atoms with van der Waals surface area (Å²) in [6, 6.07) is 11.3. The molecule has 29 heavy (non-hydrogen) atoms.